The van der Waals surface area contributed by atoms with Crippen LogP contribution in [0.2, 0.25) is 0 Å². The molecule has 0 aliphatic rings. The van der Waals surface area contributed by atoms with Crippen molar-refractivity contribution in [3.05, 3.63) is 79.5 Å². The number of rotatable bonds is 5. The number of imidazole rings is 1. The normalized spacial score (nSPS) is 10.6. The van der Waals surface area contributed by atoms with E-state index in [1.807, 2.05) is 65.3 Å². The molecule has 0 bridgehead atoms. The summed E-state index contributed by atoms with van der Waals surface area (Å²) in [7, 11) is 1.62. The second-order valence-electron chi connectivity index (χ2n) is 7.55. The maximum Gasteiger partial charge on any atom is 0.302 e. The molecule has 2 aromatic carbocycles. The lowest BCUT2D eigenvalue weighted by Gasteiger charge is -2.16. The summed E-state index contributed by atoms with van der Waals surface area (Å²) in [6.45, 7) is -0.372. The van der Waals surface area contributed by atoms with Gasteiger partial charge in [-0.2, -0.15) is 0 Å². The molecule has 0 saturated carbocycles. The molecular formula is C26H20N6O3. The summed E-state index contributed by atoms with van der Waals surface area (Å²) in [5, 5.41) is 12.9. The fourth-order valence-electron chi connectivity index (χ4n) is 3.50. The Morgan fingerprint density at radius 1 is 1.06 bits per heavy atom. The maximum atomic E-state index is 12.2. The highest BCUT2D eigenvalue weighted by atomic mass is 16.5. The number of hydrogen-bond acceptors (Lipinski definition) is 7. The largest absolute Gasteiger partial charge is 0.457 e. The van der Waals surface area contributed by atoms with Crippen LogP contribution in [0, 0.1) is 11.8 Å². The molecule has 0 spiro atoms. The zero-order valence-electron chi connectivity index (χ0n) is 18.7. The molecule has 0 atom stereocenters. The molecule has 5 rings (SSSR count). The van der Waals surface area contributed by atoms with Crippen molar-refractivity contribution in [1.82, 2.24) is 19.4 Å². The van der Waals surface area contributed by atoms with Crippen LogP contribution in [0.15, 0.2) is 79.5 Å². The summed E-state index contributed by atoms with van der Waals surface area (Å²) in [6, 6.07) is 16.7. The molecule has 1 amide bonds. The van der Waals surface area contributed by atoms with E-state index >= 15 is 0 Å². The number of nitrogens with one attached hydrogen (secondary N) is 1. The summed E-state index contributed by atoms with van der Waals surface area (Å²) < 4.78 is 7.86. The average Bonchev–Trinajstić information content (AvgIpc) is 3.36. The zero-order valence-corrected chi connectivity index (χ0v) is 18.7. The van der Waals surface area contributed by atoms with Crippen LogP contribution in [0.25, 0.3) is 16.6 Å². The third-order valence-corrected chi connectivity index (χ3v) is 5.31. The van der Waals surface area contributed by atoms with Gasteiger partial charge in [0.05, 0.1) is 5.52 Å². The molecule has 5 aromatic rings. The minimum Gasteiger partial charge on any atom is -0.457 e. The standard InChI is InChI=1S/C26H20N6O3/c1-31(25(34)3-2-14-33)19-6-9-23-22(15-19)26(29-17-28-23)30-18-4-7-20(8-5-18)35-21-10-12-32-13-11-27-24(32)16-21/h4-13,15-17,33H,14H2,1H3,(H,28,29,30). The Kier molecular flexibility index (Phi) is 5.94. The van der Waals surface area contributed by atoms with E-state index < -0.39 is 5.91 Å². The Morgan fingerprint density at radius 2 is 1.91 bits per heavy atom. The Hall–Kier alpha value is -4.94. The summed E-state index contributed by atoms with van der Waals surface area (Å²) in [4.78, 5) is 26.6. The Bertz CT molecular complexity index is 1580. The Labute approximate surface area is 200 Å². The van der Waals surface area contributed by atoms with Gasteiger partial charge in [0.2, 0.25) is 0 Å². The van der Waals surface area contributed by atoms with Gasteiger partial charge in [0.1, 0.15) is 35.9 Å². The first-order valence-corrected chi connectivity index (χ1v) is 10.7. The third kappa shape index (κ3) is 4.73. The fraction of sp³-hybridized carbons (Fsp3) is 0.0769. The summed E-state index contributed by atoms with van der Waals surface area (Å²) in [5.41, 5.74) is 2.97. The van der Waals surface area contributed by atoms with Gasteiger partial charge in [-0.05, 0) is 54.5 Å². The first-order valence-electron chi connectivity index (χ1n) is 10.7. The molecule has 0 saturated heterocycles. The van der Waals surface area contributed by atoms with E-state index in [1.54, 1.807) is 19.3 Å². The molecule has 35 heavy (non-hydrogen) atoms. The van der Waals surface area contributed by atoms with Gasteiger partial charge in [0.15, 0.2) is 0 Å². The van der Waals surface area contributed by atoms with Crippen molar-refractivity contribution >= 4 is 39.6 Å². The molecule has 172 valence electrons. The number of aliphatic hydroxyl groups is 1. The molecule has 0 fully saturated rings. The van der Waals surface area contributed by atoms with Crippen molar-refractivity contribution in [3.63, 3.8) is 0 Å². The number of amides is 1. The molecule has 0 aliphatic carbocycles. The van der Waals surface area contributed by atoms with Crippen LogP contribution in [0.3, 0.4) is 0 Å². The van der Waals surface area contributed by atoms with Gasteiger partial charge in [-0.1, -0.05) is 5.92 Å². The summed E-state index contributed by atoms with van der Waals surface area (Å²) in [5.74, 6) is 6.31. The third-order valence-electron chi connectivity index (χ3n) is 5.31. The number of carbonyl (C=O) groups is 1. The van der Waals surface area contributed by atoms with Crippen LogP contribution in [-0.2, 0) is 4.79 Å². The number of aromatic nitrogens is 4. The highest BCUT2D eigenvalue weighted by Gasteiger charge is 2.12. The Balaban J connectivity index is 1.36. The minimum absolute atomic E-state index is 0.372. The fourth-order valence-corrected chi connectivity index (χ4v) is 3.50. The monoisotopic (exact) mass is 464 g/mol. The molecule has 0 radical (unpaired) electrons. The van der Waals surface area contributed by atoms with Crippen LogP contribution >= 0.6 is 0 Å². The topological polar surface area (TPSA) is 105 Å². The van der Waals surface area contributed by atoms with E-state index in [0.717, 1.165) is 22.2 Å². The predicted octanol–water partition coefficient (Wildman–Crippen LogP) is 3.77. The number of hydrogen-bond donors (Lipinski definition) is 2. The molecule has 3 heterocycles. The summed E-state index contributed by atoms with van der Waals surface area (Å²) in [6.07, 6.45) is 6.99. The van der Waals surface area contributed by atoms with Crippen molar-refractivity contribution in [2.45, 2.75) is 0 Å². The second kappa shape index (κ2) is 9.51. The smallest absolute Gasteiger partial charge is 0.302 e. The van der Waals surface area contributed by atoms with Crippen molar-refractivity contribution < 1.29 is 14.6 Å². The lowest BCUT2D eigenvalue weighted by Crippen LogP contribution is -2.24. The first kappa shape index (κ1) is 21.9. The van der Waals surface area contributed by atoms with Gasteiger partial charge in [0, 0.05) is 48.5 Å². The van der Waals surface area contributed by atoms with Gasteiger partial charge >= 0.3 is 5.91 Å². The number of aliphatic hydroxyl groups excluding tert-OH is 1. The zero-order chi connectivity index (χ0) is 24.2. The molecule has 9 nitrogen and oxygen atoms in total. The molecule has 3 aromatic heterocycles. The quantitative estimate of drug-likeness (QED) is 0.382. The van der Waals surface area contributed by atoms with E-state index in [2.05, 4.69) is 32.1 Å². The van der Waals surface area contributed by atoms with E-state index in [1.165, 1.54) is 11.2 Å². The lowest BCUT2D eigenvalue weighted by atomic mass is 10.2. The van der Waals surface area contributed by atoms with Gasteiger partial charge in [-0.3, -0.25) is 4.79 Å². The van der Waals surface area contributed by atoms with Crippen LogP contribution in [0.1, 0.15) is 0 Å². The molecule has 0 aliphatic heterocycles. The predicted molar refractivity (Wildman–Crippen MR) is 133 cm³/mol. The molecule has 0 unspecified atom stereocenters. The highest BCUT2D eigenvalue weighted by Crippen LogP contribution is 2.29. The van der Waals surface area contributed by atoms with Gasteiger partial charge < -0.3 is 24.5 Å². The van der Waals surface area contributed by atoms with Crippen LogP contribution in [0.5, 0.6) is 11.5 Å². The Morgan fingerprint density at radius 3 is 2.74 bits per heavy atom. The van der Waals surface area contributed by atoms with Crippen LogP contribution in [-0.4, -0.2) is 44.0 Å². The lowest BCUT2D eigenvalue weighted by molar-refractivity contribution is -0.113. The first-order chi connectivity index (χ1) is 17.1. The number of carbonyl (C=O) groups excluding carboxylic acids is 1. The molecule has 9 heteroatoms. The van der Waals surface area contributed by atoms with E-state index in [4.69, 9.17) is 9.84 Å². The van der Waals surface area contributed by atoms with E-state index in [-0.39, 0.29) is 6.61 Å². The van der Waals surface area contributed by atoms with Gasteiger partial charge in [0.25, 0.3) is 0 Å². The molecular weight excluding hydrogens is 444 g/mol. The number of fused-ring (bicyclic) bond motifs is 2. The van der Waals surface area contributed by atoms with Crippen LogP contribution < -0.4 is 15.0 Å². The van der Waals surface area contributed by atoms with Gasteiger partial charge in [-0.25, -0.2) is 15.0 Å². The van der Waals surface area contributed by atoms with Crippen molar-refractivity contribution in [2.24, 2.45) is 0 Å². The number of benzene rings is 2. The number of nitrogens with zero attached hydrogens (tertiary/aromatic N) is 5. The van der Waals surface area contributed by atoms with Crippen molar-refractivity contribution in [3.8, 4) is 23.3 Å². The highest BCUT2D eigenvalue weighted by molar-refractivity contribution is 6.06. The van der Waals surface area contributed by atoms with Crippen molar-refractivity contribution in [2.75, 3.05) is 23.9 Å². The maximum absolute atomic E-state index is 12.2. The average molecular weight is 464 g/mol. The number of ether oxygens (including phenoxy) is 1. The van der Waals surface area contributed by atoms with Crippen LogP contribution in [0.4, 0.5) is 17.2 Å². The molecule has 2 N–H and O–H groups in total. The summed E-state index contributed by atoms with van der Waals surface area (Å²) >= 11 is 0. The second-order valence-corrected chi connectivity index (χ2v) is 7.55. The van der Waals surface area contributed by atoms with Gasteiger partial charge in [-0.15, -0.1) is 0 Å². The van der Waals surface area contributed by atoms with Crippen molar-refractivity contribution in [1.29, 1.82) is 0 Å². The minimum atomic E-state index is -0.424. The number of pyridine rings is 1. The van der Waals surface area contributed by atoms with E-state index in [9.17, 15) is 4.79 Å². The SMILES string of the molecule is CN(C(=O)C#CCO)c1ccc2ncnc(Nc3ccc(Oc4ccn5ccnc5c4)cc3)c2c1. The van der Waals surface area contributed by atoms with E-state index in [0.29, 0.717) is 23.0 Å². The number of anilines is 3.